The highest BCUT2D eigenvalue weighted by Gasteiger charge is 2.47. The number of nitrogens with one attached hydrogen (secondary N) is 1. The van der Waals surface area contributed by atoms with Gasteiger partial charge in [0.1, 0.15) is 5.54 Å². The van der Waals surface area contributed by atoms with Gasteiger partial charge in [-0.1, -0.05) is 13.3 Å². The van der Waals surface area contributed by atoms with E-state index in [0.29, 0.717) is 0 Å². The first-order chi connectivity index (χ1) is 6.65. The Morgan fingerprint density at radius 2 is 2.21 bits per heavy atom. The minimum absolute atomic E-state index is 0.277. The van der Waals surface area contributed by atoms with Crippen LogP contribution in [0, 0.1) is 11.8 Å². The lowest BCUT2D eigenvalue weighted by atomic mass is 9.88. The van der Waals surface area contributed by atoms with Gasteiger partial charge < -0.3 is 10.4 Å². The van der Waals surface area contributed by atoms with Gasteiger partial charge in [0.15, 0.2) is 0 Å². The topological polar surface area (TPSA) is 49.3 Å². The summed E-state index contributed by atoms with van der Waals surface area (Å²) in [5, 5.41) is 12.6. The quantitative estimate of drug-likeness (QED) is 0.720. The zero-order valence-electron chi connectivity index (χ0n) is 8.75. The van der Waals surface area contributed by atoms with Gasteiger partial charge in [-0.15, -0.1) is 0 Å². The molecule has 2 aliphatic rings. The van der Waals surface area contributed by atoms with E-state index in [0.717, 1.165) is 31.7 Å². The normalized spacial score (nSPS) is 37.4. The SMILES string of the molecule is CC1CCCC1(NCC1CC1)C(=O)O. The number of carbonyl (C=O) groups is 1. The molecule has 14 heavy (non-hydrogen) atoms. The lowest BCUT2D eigenvalue weighted by molar-refractivity contribution is -0.146. The highest BCUT2D eigenvalue weighted by atomic mass is 16.4. The molecule has 2 aliphatic carbocycles. The molecular weight excluding hydrogens is 178 g/mol. The van der Waals surface area contributed by atoms with Crippen LogP contribution >= 0.6 is 0 Å². The highest BCUT2D eigenvalue weighted by molar-refractivity contribution is 5.79. The number of carboxylic acid groups (broad SMARTS) is 1. The van der Waals surface area contributed by atoms with Gasteiger partial charge in [0, 0.05) is 0 Å². The molecular formula is C11H19NO2. The number of hydrogen-bond donors (Lipinski definition) is 2. The van der Waals surface area contributed by atoms with E-state index in [-0.39, 0.29) is 5.92 Å². The van der Waals surface area contributed by atoms with Crippen LogP contribution in [-0.4, -0.2) is 23.2 Å². The van der Waals surface area contributed by atoms with Crippen molar-refractivity contribution in [2.75, 3.05) is 6.54 Å². The van der Waals surface area contributed by atoms with Crippen molar-refractivity contribution in [2.24, 2.45) is 11.8 Å². The molecule has 3 nitrogen and oxygen atoms in total. The van der Waals surface area contributed by atoms with Crippen molar-refractivity contribution in [3.63, 3.8) is 0 Å². The number of aliphatic carboxylic acids is 1. The van der Waals surface area contributed by atoms with E-state index in [1.807, 2.05) is 0 Å². The monoisotopic (exact) mass is 197 g/mol. The molecule has 2 N–H and O–H groups in total. The van der Waals surface area contributed by atoms with Crippen LogP contribution in [0.4, 0.5) is 0 Å². The van der Waals surface area contributed by atoms with E-state index >= 15 is 0 Å². The van der Waals surface area contributed by atoms with Gasteiger partial charge in [0.2, 0.25) is 0 Å². The molecule has 0 radical (unpaired) electrons. The lowest BCUT2D eigenvalue weighted by Gasteiger charge is -2.30. The van der Waals surface area contributed by atoms with Gasteiger partial charge in [-0.25, -0.2) is 0 Å². The van der Waals surface area contributed by atoms with Crippen LogP contribution < -0.4 is 5.32 Å². The maximum atomic E-state index is 11.3. The van der Waals surface area contributed by atoms with E-state index in [1.165, 1.54) is 12.8 Å². The summed E-state index contributed by atoms with van der Waals surface area (Å²) in [7, 11) is 0. The minimum atomic E-state index is -0.650. The van der Waals surface area contributed by atoms with Gasteiger partial charge in [-0.2, -0.15) is 0 Å². The third kappa shape index (κ3) is 1.65. The van der Waals surface area contributed by atoms with Crippen molar-refractivity contribution < 1.29 is 9.90 Å². The summed E-state index contributed by atoms with van der Waals surface area (Å²) in [5.41, 5.74) is -0.609. The summed E-state index contributed by atoms with van der Waals surface area (Å²) in [6.45, 7) is 2.96. The summed E-state index contributed by atoms with van der Waals surface area (Å²) in [6.07, 6.45) is 5.44. The Bertz CT molecular complexity index is 237. The fourth-order valence-corrected chi connectivity index (χ4v) is 2.48. The van der Waals surface area contributed by atoms with Crippen LogP contribution in [0.15, 0.2) is 0 Å². The molecule has 0 aliphatic heterocycles. The van der Waals surface area contributed by atoms with Gasteiger partial charge in [-0.05, 0) is 44.1 Å². The Labute approximate surface area is 84.9 Å². The lowest BCUT2D eigenvalue weighted by Crippen LogP contribution is -2.54. The van der Waals surface area contributed by atoms with Crippen LogP contribution in [0.2, 0.25) is 0 Å². The number of carboxylic acids is 1. The molecule has 2 atom stereocenters. The molecule has 0 bridgehead atoms. The van der Waals surface area contributed by atoms with E-state index in [4.69, 9.17) is 0 Å². The Hall–Kier alpha value is -0.570. The maximum absolute atomic E-state index is 11.3. The highest BCUT2D eigenvalue weighted by Crippen LogP contribution is 2.37. The first-order valence-electron chi connectivity index (χ1n) is 5.63. The van der Waals surface area contributed by atoms with Crippen molar-refractivity contribution in [2.45, 2.75) is 44.6 Å². The third-order valence-electron chi connectivity index (χ3n) is 3.83. The van der Waals surface area contributed by atoms with Gasteiger partial charge in [-0.3, -0.25) is 4.79 Å². The Balaban J connectivity index is 2.00. The van der Waals surface area contributed by atoms with E-state index in [9.17, 15) is 9.90 Å². The largest absolute Gasteiger partial charge is 0.480 e. The van der Waals surface area contributed by atoms with Crippen molar-refractivity contribution in [1.82, 2.24) is 5.32 Å². The average Bonchev–Trinajstić information content (AvgIpc) is 2.88. The van der Waals surface area contributed by atoms with Crippen LogP contribution in [-0.2, 0) is 4.79 Å². The number of rotatable bonds is 4. The molecule has 2 saturated carbocycles. The predicted molar refractivity (Wildman–Crippen MR) is 54.1 cm³/mol. The molecule has 0 aromatic rings. The molecule has 0 spiro atoms. The number of hydrogen-bond acceptors (Lipinski definition) is 2. The third-order valence-corrected chi connectivity index (χ3v) is 3.83. The molecule has 80 valence electrons. The van der Waals surface area contributed by atoms with Gasteiger partial charge in [0.05, 0.1) is 0 Å². The molecule has 0 amide bonds. The standard InChI is InChI=1S/C11H19NO2/c1-8-3-2-6-11(8,10(13)14)12-7-9-4-5-9/h8-9,12H,2-7H2,1H3,(H,13,14). The van der Waals surface area contributed by atoms with Crippen molar-refractivity contribution in [1.29, 1.82) is 0 Å². The van der Waals surface area contributed by atoms with Gasteiger partial charge >= 0.3 is 5.97 Å². The second kappa shape index (κ2) is 3.54. The van der Waals surface area contributed by atoms with Crippen molar-refractivity contribution >= 4 is 5.97 Å². The molecule has 2 fully saturated rings. The molecule has 3 heteroatoms. The maximum Gasteiger partial charge on any atom is 0.324 e. The van der Waals surface area contributed by atoms with Crippen LogP contribution in [0.5, 0.6) is 0 Å². The molecule has 2 unspecified atom stereocenters. The van der Waals surface area contributed by atoms with Crippen molar-refractivity contribution in [3.8, 4) is 0 Å². The fraction of sp³-hybridized carbons (Fsp3) is 0.909. The average molecular weight is 197 g/mol. The molecule has 0 saturated heterocycles. The molecule has 2 rings (SSSR count). The first kappa shape index (κ1) is 9.97. The van der Waals surface area contributed by atoms with Crippen LogP contribution in [0.25, 0.3) is 0 Å². The smallest absolute Gasteiger partial charge is 0.324 e. The van der Waals surface area contributed by atoms with E-state index in [1.54, 1.807) is 0 Å². The van der Waals surface area contributed by atoms with Crippen molar-refractivity contribution in [3.05, 3.63) is 0 Å². The van der Waals surface area contributed by atoms with Crippen LogP contribution in [0.1, 0.15) is 39.0 Å². The second-order valence-corrected chi connectivity index (χ2v) is 4.89. The van der Waals surface area contributed by atoms with E-state index in [2.05, 4.69) is 12.2 Å². The zero-order valence-corrected chi connectivity index (χ0v) is 8.75. The molecule has 0 aromatic heterocycles. The Morgan fingerprint density at radius 3 is 2.64 bits per heavy atom. The molecule has 0 heterocycles. The predicted octanol–water partition coefficient (Wildman–Crippen LogP) is 1.63. The summed E-state index contributed by atoms with van der Waals surface area (Å²) in [4.78, 5) is 11.3. The summed E-state index contributed by atoms with van der Waals surface area (Å²) >= 11 is 0. The Kier molecular flexibility index (Phi) is 2.52. The summed E-state index contributed by atoms with van der Waals surface area (Å²) < 4.78 is 0. The fourth-order valence-electron chi connectivity index (χ4n) is 2.48. The first-order valence-corrected chi connectivity index (χ1v) is 5.63. The minimum Gasteiger partial charge on any atom is -0.480 e. The summed E-state index contributed by atoms with van der Waals surface area (Å²) in [5.74, 6) is 0.376. The zero-order chi connectivity index (χ0) is 10.2. The van der Waals surface area contributed by atoms with Gasteiger partial charge in [0.25, 0.3) is 0 Å². The molecule has 0 aromatic carbocycles. The Morgan fingerprint density at radius 1 is 1.50 bits per heavy atom. The van der Waals surface area contributed by atoms with Crippen LogP contribution in [0.3, 0.4) is 0 Å². The van der Waals surface area contributed by atoms with E-state index < -0.39 is 11.5 Å². The summed E-state index contributed by atoms with van der Waals surface area (Å²) in [6, 6.07) is 0. The second-order valence-electron chi connectivity index (χ2n) is 4.89.